The average Bonchev–Trinajstić information content (AvgIpc) is 3.01. The number of benzene rings is 1. The van der Waals surface area contributed by atoms with E-state index in [1.165, 1.54) is 0 Å². The van der Waals surface area contributed by atoms with Gasteiger partial charge in [-0.3, -0.25) is 9.69 Å². The van der Waals surface area contributed by atoms with Crippen LogP contribution in [0.15, 0.2) is 18.2 Å². The summed E-state index contributed by atoms with van der Waals surface area (Å²) in [6.45, 7) is 9.35. The first kappa shape index (κ1) is 29.3. The molecule has 12 nitrogen and oxygen atoms in total. The van der Waals surface area contributed by atoms with Crippen molar-refractivity contribution in [1.29, 1.82) is 0 Å². The molecule has 4 heterocycles. The Morgan fingerprint density at radius 2 is 1.76 bits per heavy atom. The highest BCUT2D eigenvalue weighted by Gasteiger charge is 2.29. The van der Waals surface area contributed by atoms with E-state index in [1.54, 1.807) is 14.2 Å². The molecule has 0 bridgehead atoms. The molecule has 224 valence electrons. The largest absolute Gasteiger partial charge is 0.495 e. The molecule has 3 saturated heterocycles. The standard InChI is InChI=1S/C29H44N8O4/c1-4-23-28(31-20-9-17-41-18-10-20)34-29(26(33-23)27(30)38)32-21-5-6-24(25(19-21)39-2)36-11-7-22(8-12-36)35-13-15-37(40-3)16-14-35/h5-6,19-20,22H,4,7-18H2,1-3H3,(H2,30,38)(H2,31,32,34). The lowest BCUT2D eigenvalue weighted by Crippen LogP contribution is -2.53. The molecule has 3 fully saturated rings. The summed E-state index contributed by atoms with van der Waals surface area (Å²) in [5, 5.41) is 8.83. The van der Waals surface area contributed by atoms with Gasteiger partial charge < -0.3 is 35.6 Å². The van der Waals surface area contributed by atoms with E-state index >= 15 is 0 Å². The second-order valence-corrected chi connectivity index (χ2v) is 10.8. The predicted molar refractivity (Wildman–Crippen MR) is 159 cm³/mol. The minimum atomic E-state index is -0.623. The Morgan fingerprint density at radius 3 is 2.39 bits per heavy atom. The van der Waals surface area contributed by atoms with Crippen LogP contribution < -0.4 is 26.0 Å². The molecule has 12 heteroatoms. The Labute approximate surface area is 242 Å². The lowest BCUT2D eigenvalue weighted by molar-refractivity contribution is -0.155. The first-order valence-electron chi connectivity index (χ1n) is 14.8. The molecule has 0 spiro atoms. The Hall–Kier alpha value is -3.19. The molecule has 1 amide bonds. The molecule has 0 atom stereocenters. The molecule has 4 N–H and O–H groups in total. The van der Waals surface area contributed by atoms with Gasteiger partial charge in [0, 0.05) is 76.3 Å². The molecular weight excluding hydrogens is 524 g/mol. The number of carbonyl (C=O) groups is 1. The van der Waals surface area contributed by atoms with Gasteiger partial charge in [0.2, 0.25) is 0 Å². The molecule has 1 aromatic carbocycles. The molecule has 3 aliphatic heterocycles. The van der Waals surface area contributed by atoms with E-state index in [0.717, 1.165) is 82.1 Å². The third-order valence-corrected chi connectivity index (χ3v) is 8.39. The number of carbonyl (C=O) groups excluding carboxylic acids is 1. The van der Waals surface area contributed by atoms with Crippen molar-refractivity contribution in [3.63, 3.8) is 0 Å². The van der Waals surface area contributed by atoms with E-state index in [1.807, 2.05) is 24.1 Å². The number of hydrogen-bond donors (Lipinski definition) is 3. The predicted octanol–water partition coefficient (Wildman–Crippen LogP) is 2.63. The summed E-state index contributed by atoms with van der Waals surface area (Å²) >= 11 is 0. The Morgan fingerprint density at radius 1 is 1.02 bits per heavy atom. The van der Waals surface area contributed by atoms with Crippen LogP contribution in [0.2, 0.25) is 0 Å². The Bertz CT molecular complexity index is 1180. The number of hydrogen-bond acceptors (Lipinski definition) is 11. The van der Waals surface area contributed by atoms with E-state index in [-0.39, 0.29) is 11.7 Å². The van der Waals surface area contributed by atoms with Crippen LogP contribution in [0.25, 0.3) is 0 Å². The average molecular weight is 569 g/mol. The van der Waals surface area contributed by atoms with E-state index < -0.39 is 5.91 Å². The van der Waals surface area contributed by atoms with Crippen LogP contribution in [-0.4, -0.2) is 105 Å². The minimum Gasteiger partial charge on any atom is -0.495 e. The zero-order valence-corrected chi connectivity index (χ0v) is 24.5. The number of ether oxygens (including phenoxy) is 2. The highest BCUT2D eigenvalue weighted by Crippen LogP contribution is 2.35. The molecule has 0 aliphatic carbocycles. The van der Waals surface area contributed by atoms with Crippen LogP contribution in [0.5, 0.6) is 5.75 Å². The molecule has 0 unspecified atom stereocenters. The van der Waals surface area contributed by atoms with E-state index in [0.29, 0.717) is 43.0 Å². The van der Waals surface area contributed by atoms with Gasteiger partial charge in [-0.2, -0.15) is 5.06 Å². The number of amides is 1. The van der Waals surface area contributed by atoms with Gasteiger partial charge in [0.05, 0.1) is 25.6 Å². The van der Waals surface area contributed by atoms with Crippen molar-refractivity contribution in [2.24, 2.45) is 5.73 Å². The van der Waals surface area contributed by atoms with Crippen molar-refractivity contribution in [2.75, 3.05) is 82.2 Å². The van der Waals surface area contributed by atoms with E-state index in [2.05, 4.69) is 31.5 Å². The zero-order valence-electron chi connectivity index (χ0n) is 24.5. The summed E-state index contributed by atoms with van der Waals surface area (Å²) < 4.78 is 11.3. The first-order valence-corrected chi connectivity index (χ1v) is 14.8. The molecule has 5 rings (SSSR count). The molecule has 0 radical (unpaired) electrons. The van der Waals surface area contributed by atoms with Crippen molar-refractivity contribution in [3.8, 4) is 5.75 Å². The van der Waals surface area contributed by atoms with Crippen LogP contribution in [0.1, 0.15) is 48.8 Å². The highest BCUT2D eigenvalue weighted by molar-refractivity contribution is 5.96. The van der Waals surface area contributed by atoms with Gasteiger partial charge in [-0.1, -0.05) is 6.92 Å². The number of hydroxylamine groups is 2. The van der Waals surface area contributed by atoms with Crippen molar-refractivity contribution in [3.05, 3.63) is 29.6 Å². The molecular formula is C29H44N8O4. The van der Waals surface area contributed by atoms with Crippen LogP contribution in [0.4, 0.5) is 23.0 Å². The number of methoxy groups -OCH3 is 1. The molecule has 3 aliphatic rings. The third kappa shape index (κ3) is 7.00. The maximum Gasteiger partial charge on any atom is 0.271 e. The van der Waals surface area contributed by atoms with Gasteiger partial charge in [0.25, 0.3) is 5.91 Å². The fraction of sp³-hybridized carbons (Fsp3) is 0.621. The van der Waals surface area contributed by atoms with Crippen LogP contribution in [-0.2, 0) is 16.0 Å². The normalized spacial score (nSPS) is 19.7. The number of piperidine rings is 1. The topological polar surface area (TPSA) is 130 Å². The summed E-state index contributed by atoms with van der Waals surface area (Å²) in [4.78, 5) is 32.1. The van der Waals surface area contributed by atoms with Gasteiger partial charge in [-0.15, -0.1) is 0 Å². The van der Waals surface area contributed by atoms with Gasteiger partial charge in [-0.25, -0.2) is 9.97 Å². The van der Waals surface area contributed by atoms with Gasteiger partial charge in [-0.05, 0) is 44.2 Å². The maximum absolute atomic E-state index is 12.3. The van der Waals surface area contributed by atoms with E-state index in [9.17, 15) is 4.79 Å². The number of primary amides is 1. The Balaban J connectivity index is 1.29. The number of piperazine rings is 1. The second-order valence-electron chi connectivity index (χ2n) is 10.8. The van der Waals surface area contributed by atoms with Gasteiger partial charge in [0.15, 0.2) is 17.3 Å². The molecule has 41 heavy (non-hydrogen) atoms. The molecule has 0 saturated carbocycles. The number of nitrogens with zero attached hydrogens (tertiary/aromatic N) is 5. The Kier molecular flexibility index (Phi) is 9.76. The number of anilines is 4. The SMILES string of the molecule is CCc1nc(C(N)=O)c(Nc2ccc(N3CCC(N4CCN(OC)CC4)CC3)c(OC)c2)nc1NC1CCOCC1. The minimum absolute atomic E-state index is 0.121. The van der Waals surface area contributed by atoms with Gasteiger partial charge >= 0.3 is 0 Å². The summed E-state index contributed by atoms with van der Waals surface area (Å²) in [6, 6.07) is 6.83. The summed E-state index contributed by atoms with van der Waals surface area (Å²) in [5.41, 5.74) is 8.36. The van der Waals surface area contributed by atoms with Crippen molar-refractivity contribution >= 4 is 28.9 Å². The molecule has 2 aromatic rings. The van der Waals surface area contributed by atoms with E-state index in [4.69, 9.17) is 25.0 Å². The summed E-state index contributed by atoms with van der Waals surface area (Å²) in [5.74, 6) is 1.14. The quantitative estimate of drug-likeness (QED) is 0.391. The van der Waals surface area contributed by atoms with Crippen molar-refractivity contribution < 1.29 is 19.1 Å². The van der Waals surface area contributed by atoms with Crippen molar-refractivity contribution in [1.82, 2.24) is 19.9 Å². The zero-order chi connectivity index (χ0) is 28.8. The summed E-state index contributed by atoms with van der Waals surface area (Å²) in [7, 11) is 3.43. The summed E-state index contributed by atoms with van der Waals surface area (Å²) in [6.07, 6.45) is 4.64. The third-order valence-electron chi connectivity index (χ3n) is 8.39. The fourth-order valence-electron chi connectivity index (χ4n) is 6.00. The number of aryl methyl sites for hydroxylation is 1. The number of nitrogens with one attached hydrogen (secondary N) is 2. The number of rotatable bonds is 10. The van der Waals surface area contributed by atoms with Crippen LogP contribution >= 0.6 is 0 Å². The number of nitrogens with two attached hydrogens (primary N) is 1. The van der Waals surface area contributed by atoms with Gasteiger partial charge in [0.1, 0.15) is 5.75 Å². The second kappa shape index (κ2) is 13.6. The monoisotopic (exact) mass is 568 g/mol. The first-order chi connectivity index (χ1) is 20.0. The lowest BCUT2D eigenvalue weighted by Gasteiger charge is -2.42. The smallest absolute Gasteiger partial charge is 0.271 e. The van der Waals surface area contributed by atoms with Crippen LogP contribution in [0, 0.1) is 0 Å². The van der Waals surface area contributed by atoms with Crippen LogP contribution in [0.3, 0.4) is 0 Å². The maximum atomic E-state index is 12.3. The lowest BCUT2D eigenvalue weighted by atomic mass is 10.0. The number of aromatic nitrogens is 2. The molecule has 1 aromatic heterocycles. The van der Waals surface area contributed by atoms with Crippen molar-refractivity contribution in [2.45, 2.75) is 51.1 Å². The fourth-order valence-corrected chi connectivity index (χ4v) is 6.00. The highest BCUT2D eigenvalue weighted by atomic mass is 16.7.